The fraction of sp³-hybridized carbons (Fsp3) is 0.167. The third kappa shape index (κ3) is 25.0. The van der Waals surface area contributed by atoms with Crippen molar-refractivity contribution < 1.29 is 43.8 Å². The molecule has 0 bridgehead atoms. The molecule has 2 aliphatic heterocycles. The van der Waals surface area contributed by atoms with Gasteiger partial charge in [0.2, 0.25) is 0 Å². The van der Waals surface area contributed by atoms with E-state index >= 15 is 0 Å². The molecule has 2 aromatic heterocycles. The average molecular weight is 1820 g/mol. The van der Waals surface area contributed by atoms with Crippen LogP contribution in [0.2, 0.25) is 43.8 Å². The van der Waals surface area contributed by atoms with Crippen LogP contribution in [0.1, 0.15) is 20.8 Å². The van der Waals surface area contributed by atoms with Gasteiger partial charge in [0.05, 0.1) is 42.2 Å². The summed E-state index contributed by atoms with van der Waals surface area (Å²) in [5.41, 5.74) is 5.93. The standard InChI is InChI=1S/C36H49N3O5Si2.4C18H15P.Pd/c1-36(2,3)46(7,8)44-32-23-42-33-31(22-41-34(32)33)43-35-38-29-20-28(27-16-14-26(15-17-27)25-12-10-9-11-13-25)37-21-30(29)39(35)24-40-18-19-45(4,5)6;4*1-4-10-16(11-5-1)19(17-12-6-2-7-13-17)18-14-8-3-9-15-18;/h9-17,20-21,31-34H,18-19,22-24H2,1-8H3;4*1-15H;/t31-,32-,33-,34-;;;;;/m1...../s1. The van der Waals surface area contributed by atoms with Gasteiger partial charge in [-0.2, -0.15) is 4.98 Å². The van der Waals surface area contributed by atoms with E-state index in [1.54, 1.807) is 0 Å². The van der Waals surface area contributed by atoms with Crippen molar-refractivity contribution in [2.45, 2.75) is 95.7 Å². The van der Waals surface area contributed by atoms with Crippen LogP contribution in [0.15, 0.2) is 431 Å². The molecule has 4 atom stereocenters. The Morgan fingerprint density at radius 3 is 0.894 bits per heavy atom. The maximum absolute atomic E-state index is 6.72. The number of imidazole rings is 1. The molecule has 18 rings (SSSR count). The summed E-state index contributed by atoms with van der Waals surface area (Å²) in [6.45, 7) is 20.3. The summed E-state index contributed by atoms with van der Waals surface area (Å²) in [4.78, 5) is 9.82. The van der Waals surface area contributed by atoms with Crippen LogP contribution in [-0.2, 0) is 45.8 Å². The zero-order valence-electron chi connectivity index (χ0n) is 71.3. The molecule has 0 spiro atoms. The number of pyridine rings is 1. The van der Waals surface area contributed by atoms with Crippen molar-refractivity contribution in [3.05, 3.63) is 431 Å². The molecule has 0 amide bonds. The van der Waals surface area contributed by atoms with E-state index in [0.717, 1.165) is 28.3 Å². The van der Waals surface area contributed by atoms with Gasteiger partial charge < -0.3 is 23.4 Å². The van der Waals surface area contributed by atoms with Crippen molar-refractivity contribution in [3.8, 4) is 28.4 Å². The smallest absolute Gasteiger partial charge is 0.299 e. The summed E-state index contributed by atoms with van der Waals surface area (Å²) in [6.07, 6.45) is 1.11. The number of ether oxygens (including phenoxy) is 4. The molecule has 15 heteroatoms. The molecule has 14 aromatic carbocycles. The third-order valence-electron chi connectivity index (χ3n) is 21.7. The summed E-state index contributed by atoms with van der Waals surface area (Å²) in [6, 6.07) is 152. The number of nitrogens with zero attached hydrogens (tertiary/aromatic N) is 3. The van der Waals surface area contributed by atoms with Crippen LogP contribution >= 0.6 is 31.7 Å². The van der Waals surface area contributed by atoms with Crippen molar-refractivity contribution >= 4 is 123 Å². The fourth-order valence-corrected chi connectivity index (χ4v) is 25.7. The molecule has 16 aromatic rings. The van der Waals surface area contributed by atoms with E-state index in [4.69, 9.17) is 33.3 Å². The minimum atomic E-state index is -1.98. The molecule has 0 aliphatic carbocycles. The number of benzene rings is 14. The van der Waals surface area contributed by atoms with Gasteiger partial charge in [0.15, 0.2) is 14.4 Å². The van der Waals surface area contributed by atoms with Crippen molar-refractivity contribution in [1.29, 1.82) is 0 Å². The van der Waals surface area contributed by atoms with E-state index in [-0.39, 0.29) is 49.9 Å². The van der Waals surface area contributed by atoms with Crippen LogP contribution in [-0.4, -0.2) is 75.2 Å². The van der Waals surface area contributed by atoms with Gasteiger partial charge in [-0.05, 0) is 137 Å². The van der Waals surface area contributed by atoms with E-state index < -0.39 is 48.1 Å². The average Bonchev–Trinajstić information content (AvgIpc) is 1.61. The number of rotatable bonds is 23. The topological polar surface area (TPSA) is 76.9 Å². The SMILES string of the molecule is CC(C)(C)[Si](C)(C)O[C@@H]1CO[C@H]2[C@@H]1OC[C@H]2Oc1nc2cc(-c3ccc(-c4ccccc4)cc3)ncc2n1COCC[Si](C)(C)C.[Pd].c1ccc(P(c2ccccc2)c2ccccc2)cc1.c1ccc(P(c2ccccc2)c2ccccc2)cc1.c1ccc(P(c2ccccc2)c2ccccc2)cc1.c1ccc(P(c2ccccc2)c2ccccc2)cc1. The van der Waals surface area contributed by atoms with E-state index in [1.807, 2.05) is 22.9 Å². The Bertz CT molecular complexity index is 4890. The Balaban J connectivity index is 0.000000142. The molecule has 2 saturated heterocycles. The zero-order valence-corrected chi connectivity index (χ0v) is 78.5. The third-order valence-corrected chi connectivity index (χ3v) is 37.7. The summed E-state index contributed by atoms with van der Waals surface area (Å²) in [5, 5.41) is 16.9. The van der Waals surface area contributed by atoms with E-state index in [9.17, 15) is 0 Å². The second kappa shape index (κ2) is 45.2. The Morgan fingerprint density at radius 2 is 0.610 bits per heavy atom. The molecule has 624 valence electrons. The van der Waals surface area contributed by atoms with E-state index in [1.165, 1.54) is 74.8 Å². The molecule has 2 fully saturated rings. The molecule has 0 radical (unpaired) electrons. The Hall–Kier alpha value is -9.84. The summed E-state index contributed by atoms with van der Waals surface area (Å²) < 4.78 is 34.1. The second-order valence-corrected chi connectivity index (χ2v) is 52.0. The maximum Gasteiger partial charge on any atom is 0.299 e. The van der Waals surface area contributed by atoms with Crippen LogP contribution in [0.4, 0.5) is 0 Å². The first-order valence-corrected chi connectivity index (χ1v) is 54.1. The number of fused-ring (bicyclic) bond motifs is 2. The molecular formula is C108H109N3O5P4PdSi2. The number of hydrogen-bond acceptors (Lipinski definition) is 7. The number of aromatic nitrogens is 3. The summed E-state index contributed by atoms with van der Waals surface area (Å²) in [5.74, 6) is 0. The minimum Gasteiger partial charge on any atom is -0.456 e. The molecule has 8 nitrogen and oxygen atoms in total. The van der Waals surface area contributed by atoms with Gasteiger partial charge in [-0.25, -0.2) is 0 Å². The molecule has 4 heterocycles. The van der Waals surface area contributed by atoms with Crippen molar-refractivity contribution in [1.82, 2.24) is 14.5 Å². The maximum atomic E-state index is 6.72. The van der Waals surface area contributed by atoms with Gasteiger partial charge in [0, 0.05) is 40.7 Å². The van der Waals surface area contributed by atoms with Gasteiger partial charge in [0.25, 0.3) is 6.01 Å². The van der Waals surface area contributed by atoms with Gasteiger partial charge in [0.1, 0.15) is 18.9 Å². The molecule has 123 heavy (non-hydrogen) atoms. The summed E-state index contributed by atoms with van der Waals surface area (Å²) >= 11 is 0. The molecule has 0 unspecified atom stereocenters. The first-order valence-electron chi connectivity index (χ1n) is 42.1. The Labute approximate surface area is 750 Å². The van der Waals surface area contributed by atoms with E-state index in [2.05, 4.69) is 466 Å². The predicted octanol–water partition coefficient (Wildman–Crippen LogP) is 21.8. The zero-order chi connectivity index (χ0) is 84.4. The first kappa shape index (κ1) is 90.9. The molecule has 0 saturated carbocycles. The van der Waals surface area contributed by atoms with Gasteiger partial charge >= 0.3 is 0 Å². The second-order valence-electron chi connectivity index (χ2n) is 32.7. The van der Waals surface area contributed by atoms with Crippen LogP contribution in [0, 0.1) is 0 Å². The molecular weight excluding hydrogens is 1710 g/mol. The van der Waals surface area contributed by atoms with Crippen LogP contribution < -0.4 is 68.4 Å². The Morgan fingerprint density at radius 1 is 0.350 bits per heavy atom. The van der Waals surface area contributed by atoms with Crippen molar-refractivity contribution in [2.24, 2.45) is 0 Å². The largest absolute Gasteiger partial charge is 0.456 e. The Kier molecular flexibility index (Phi) is 33.4. The van der Waals surface area contributed by atoms with Crippen LogP contribution in [0.5, 0.6) is 6.01 Å². The van der Waals surface area contributed by atoms with Gasteiger partial charge in [-0.15, -0.1) is 0 Å². The van der Waals surface area contributed by atoms with Gasteiger partial charge in [-0.3, -0.25) is 9.55 Å². The van der Waals surface area contributed by atoms with Crippen molar-refractivity contribution in [3.63, 3.8) is 0 Å². The quantitative estimate of drug-likeness (QED) is 0.0359. The molecule has 0 N–H and O–H groups in total. The van der Waals surface area contributed by atoms with Crippen LogP contribution in [0.3, 0.4) is 0 Å². The minimum absolute atomic E-state index is 0. The van der Waals surface area contributed by atoms with Crippen LogP contribution in [0.25, 0.3) is 33.4 Å². The summed E-state index contributed by atoms with van der Waals surface area (Å²) in [7, 11) is -5.00. The van der Waals surface area contributed by atoms with E-state index in [0.29, 0.717) is 32.6 Å². The normalized spacial score (nSPS) is 14.8. The fourth-order valence-electron chi connectivity index (χ4n) is 14.4. The monoisotopic (exact) mass is 1810 g/mol. The first-order chi connectivity index (χ1) is 59.6. The van der Waals surface area contributed by atoms with Gasteiger partial charge in [-0.1, -0.05) is 459 Å². The van der Waals surface area contributed by atoms with Crippen molar-refractivity contribution in [2.75, 3.05) is 19.8 Å². The predicted molar refractivity (Wildman–Crippen MR) is 529 cm³/mol. The number of hydrogen-bond donors (Lipinski definition) is 0. The molecule has 2 aliphatic rings.